The molecule has 0 spiro atoms. The standard InChI is InChI=1S/C19H22F2N2O4S2/c1-27-9-8-22(13-18(20)21)19(24)14-3-2-4-16(11-14)29(25,26)23-7-5-17-15(12-23)6-10-28-17/h2-4,6,10-11,18H,5,7-9,12-13H2,1H3. The van der Waals surface area contributed by atoms with Gasteiger partial charge in [-0.3, -0.25) is 4.79 Å². The normalized spacial score (nSPS) is 14.8. The van der Waals surface area contributed by atoms with Crippen LogP contribution in [-0.4, -0.2) is 63.3 Å². The Balaban J connectivity index is 1.83. The Kier molecular flexibility index (Phi) is 6.99. The Labute approximate surface area is 172 Å². The molecule has 0 fully saturated rings. The second kappa shape index (κ2) is 9.29. The lowest BCUT2D eigenvalue weighted by Gasteiger charge is -2.26. The monoisotopic (exact) mass is 444 g/mol. The minimum Gasteiger partial charge on any atom is -0.383 e. The van der Waals surface area contributed by atoms with Crippen molar-refractivity contribution in [3.8, 4) is 0 Å². The van der Waals surface area contributed by atoms with Crippen molar-refractivity contribution in [3.63, 3.8) is 0 Å². The molecule has 0 saturated carbocycles. The van der Waals surface area contributed by atoms with E-state index in [2.05, 4.69) is 0 Å². The van der Waals surface area contributed by atoms with E-state index < -0.39 is 28.9 Å². The maximum absolute atomic E-state index is 13.1. The minimum absolute atomic E-state index is 0.0102. The van der Waals surface area contributed by atoms with Crippen LogP contribution >= 0.6 is 11.3 Å². The van der Waals surface area contributed by atoms with Crippen molar-refractivity contribution in [2.24, 2.45) is 0 Å². The smallest absolute Gasteiger partial charge is 0.255 e. The molecule has 1 aromatic carbocycles. The van der Waals surface area contributed by atoms with Crippen molar-refractivity contribution in [2.75, 3.05) is 33.4 Å². The highest BCUT2D eigenvalue weighted by molar-refractivity contribution is 7.89. The van der Waals surface area contributed by atoms with Crippen LogP contribution in [0.5, 0.6) is 0 Å². The first-order valence-corrected chi connectivity index (χ1v) is 11.4. The number of amides is 1. The highest BCUT2D eigenvalue weighted by Crippen LogP contribution is 2.28. The van der Waals surface area contributed by atoms with Gasteiger partial charge < -0.3 is 9.64 Å². The molecule has 1 aliphatic heterocycles. The van der Waals surface area contributed by atoms with Crippen LogP contribution in [0.1, 0.15) is 20.8 Å². The van der Waals surface area contributed by atoms with Gasteiger partial charge in [0.1, 0.15) is 0 Å². The van der Waals surface area contributed by atoms with Gasteiger partial charge in [-0.15, -0.1) is 11.3 Å². The lowest BCUT2D eigenvalue weighted by molar-refractivity contribution is 0.0478. The maximum atomic E-state index is 13.1. The summed E-state index contributed by atoms with van der Waals surface area (Å²) in [6.07, 6.45) is -2.06. The van der Waals surface area contributed by atoms with Crippen molar-refractivity contribution in [2.45, 2.75) is 24.3 Å². The van der Waals surface area contributed by atoms with Gasteiger partial charge in [0.2, 0.25) is 10.0 Å². The Bertz CT molecular complexity index is 963. The number of hydrogen-bond donors (Lipinski definition) is 0. The fourth-order valence-corrected chi connectivity index (χ4v) is 5.55. The first kappa shape index (κ1) is 21.8. The van der Waals surface area contributed by atoms with Crippen molar-refractivity contribution < 1.29 is 26.7 Å². The van der Waals surface area contributed by atoms with Gasteiger partial charge in [0.25, 0.3) is 12.3 Å². The third kappa shape index (κ3) is 5.00. The summed E-state index contributed by atoms with van der Waals surface area (Å²) in [5.74, 6) is -0.654. The molecule has 6 nitrogen and oxygen atoms in total. The van der Waals surface area contributed by atoms with E-state index in [-0.39, 0.29) is 30.2 Å². The number of sulfonamides is 1. The van der Waals surface area contributed by atoms with Crippen LogP contribution in [0.2, 0.25) is 0 Å². The summed E-state index contributed by atoms with van der Waals surface area (Å²) in [6, 6.07) is 7.48. The Morgan fingerprint density at radius 2 is 2.14 bits per heavy atom. The van der Waals surface area contributed by atoms with Crippen molar-refractivity contribution in [1.82, 2.24) is 9.21 Å². The number of benzene rings is 1. The minimum atomic E-state index is -3.81. The predicted octanol–water partition coefficient (Wildman–Crippen LogP) is 2.85. The van der Waals surface area contributed by atoms with E-state index in [4.69, 9.17) is 4.74 Å². The summed E-state index contributed by atoms with van der Waals surface area (Å²) in [4.78, 5) is 14.8. The second-order valence-corrected chi connectivity index (χ2v) is 9.56. The molecule has 0 bridgehead atoms. The zero-order valence-electron chi connectivity index (χ0n) is 15.9. The van der Waals surface area contributed by atoms with Crippen molar-refractivity contribution >= 4 is 27.3 Å². The van der Waals surface area contributed by atoms with Gasteiger partial charge >= 0.3 is 0 Å². The van der Waals surface area contributed by atoms with Crippen molar-refractivity contribution in [3.05, 3.63) is 51.7 Å². The number of halogens is 2. The quantitative estimate of drug-likeness (QED) is 0.628. The molecule has 0 unspecified atom stereocenters. The first-order chi connectivity index (χ1) is 13.8. The molecule has 1 aliphatic rings. The maximum Gasteiger partial charge on any atom is 0.255 e. The van der Waals surface area contributed by atoms with Crippen LogP contribution in [0.4, 0.5) is 8.78 Å². The molecule has 0 aliphatic carbocycles. The van der Waals surface area contributed by atoms with Gasteiger partial charge in [-0.1, -0.05) is 6.07 Å². The number of fused-ring (bicyclic) bond motifs is 1. The average molecular weight is 445 g/mol. The fraction of sp³-hybridized carbons (Fsp3) is 0.421. The Morgan fingerprint density at radius 3 is 2.86 bits per heavy atom. The van der Waals surface area contributed by atoms with Crippen LogP contribution < -0.4 is 0 Å². The summed E-state index contributed by atoms with van der Waals surface area (Å²) < 4.78 is 58.1. The average Bonchev–Trinajstić information content (AvgIpc) is 3.18. The van der Waals surface area contributed by atoms with Gasteiger partial charge in [-0.25, -0.2) is 17.2 Å². The molecule has 2 aromatic rings. The lowest BCUT2D eigenvalue weighted by Crippen LogP contribution is -2.38. The summed E-state index contributed by atoms with van der Waals surface area (Å²) in [6.45, 7) is -0.00675. The van der Waals surface area contributed by atoms with E-state index >= 15 is 0 Å². The predicted molar refractivity (Wildman–Crippen MR) is 106 cm³/mol. The van der Waals surface area contributed by atoms with Crippen LogP contribution in [0, 0.1) is 0 Å². The lowest BCUT2D eigenvalue weighted by atomic mass is 10.1. The molecule has 0 atom stereocenters. The summed E-state index contributed by atoms with van der Waals surface area (Å²) >= 11 is 1.61. The molecule has 1 amide bonds. The topological polar surface area (TPSA) is 66.9 Å². The van der Waals surface area contributed by atoms with Gasteiger partial charge in [-0.05, 0) is 41.6 Å². The number of methoxy groups -OCH3 is 1. The molecular weight excluding hydrogens is 422 g/mol. The molecule has 0 saturated heterocycles. The third-order valence-corrected chi connectivity index (χ3v) is 7.57. The van der Waals surface area contributed by atoms with E-state index in [1.165, 1.54) is 40.6 Å². The summed E-state index contributed by atoms with van der Waals surface area (Å²) in [5, 5.41) is 1.94. The van der Waals surface area contributed by atoms with Crippen LogP contribution in [0.15, 0.2) is 40.6 Å². The fourth-order valence-electron chi connectivity index (χ4n) is 3.19. The van der Waals surface area contributed by atoms with Gasteiger partial charge in [0.15, 0.2) is 0 Å². The molecule has 2 heterocycles. The molecule has 158 valence electrons. The third-order valence-electron chi connectivity index (χ3n) is 4.70. The van der Waals surface area contributed by atoms with E-state index in [0.29, 0.717) is 13.0 Å². The molecule has 3 rings (SSSR count). The summed E-state index contributed by atoms with van der Waals surface area (Å²) in [5.41, 5.74) is 1.04. The highest BCUT2D eigenvalue weighted by Gasteiger charge is 2.30. The number of hydrogen-bond acceptors (Lipinski definition) is 5. The highest BCUT2D eigenvalue weighted by atomic mass is 32.2. The number of carbonyl (C=O) groups excluding carboxylic acids is 1. The summed E-state index contributed by atoms with van der Waals surface area (Å²) in [7, 11) is -2.40. The molecule has 0 N–H and O–H groups in total. The van der Waals surface area contributed by atoms with E-state index in [0.717, 1.165) is 10.5 Å². The number of ether oxygens (including phenoxy) is 1. The van der Waals surface area contributed by atoms with E-state index in [1.54, 1.807) is 11.3 Å². The first-order valence-electron chi connectivity index (χ1n) is 9.04. The number of alkyl halides is 2. The SMILES string of the molecule is COCCN(CC(F)F)C(=O)c1cccc(S(=O)(=O)N2CCc3sccc3C2)c1. The van der Waals surface area contributed by atoms with Crippen LogP contribution in [-0.2, 0) is 27.7 Å². The molecule has 0 radical (unpaired) electrons. The van der Waals surface area contributed by atoms with E-state index in [1.807, 2.05) is 11.4 Å². The molecule has 10 heteroatoms. The second-order valence-electron chi connectivity index (χ2n) is 6.62. The molecule has 29 heavy (non-hydrogen) atoms. The Hall–Kier alpha value is -1.88. The van der Waals surface area contributed by atoms with Crippen LogP contribution in [0.25, 0.3) is 0 Å². The van der Waals surface area contributed by atoms with Crippen molar-refractivity contribution in [1.29, 1.82) is 0 Å². The molecular formula is C19H22F2N2O4S2. The van der Waals surface area contributed by atoms with Gasteiger partial charge in [0, 0.05) is 37.2 Å². The number of carbonyl (C=O) groups is 1. The number of thiophene rings is 1. The largest absolute Gasteiger partial charge is 0.383 e. The zero-order chi connectivity index (χ0) is 21.0. The Morgan fingerprint density at radius 1 is 1.34 bits per heavy atom. The molecule has 1 aromatic heterocycles. The number of rotatable bonds is 8. The van der Waals surface area contributed by atoms with Crippen LogP contribution in [0.3, 0.4) is 0 Å². The van der Waals surface area contributed by atoms with E-state index in [9.17, 15) is 22.0 Å². The van der Waals surface area contributed by atoms with Gasteiger partial charge in [-0.2, -0.15) is 4.31 Å². The van der Waals surface area contributed by atoms with Gasteiger partial charge in [0.05, 0.1) is 18.0 Å². The zero-order valence-corrected chi connectivity index (χ0v) is 17.5. The number of nitrogens with zero attached hydrogens (tertiary/aromatic N) is 2.